The second-order valence-electron chi connectivity index (χ2n) is 4.06. The van der Waals surface area contributed by atoms with E-state index in [0.29, 0.717) is 6.61 Å². The van der Waals surface area contributed by atoms with Crippen molar-refractivity contribution >= 4 is 6.08 Å². The highest BCUT2D eigenvalue weighted by Crippen LogP contribution is 2.09. The maximum absolute atomic E-state index is 4.97. The molecule has 0 aliphatic carbocycles. The van der Waals surface area contributed by atoms with Crippen LogP contribution in [0.4, 0.5) is 0 Å². The summed E-state index contributed by atoms with van der Waals surface area (Å²) >= 11 is 0. The third-order valence-corrected chi connectivity index (χ3v) is 2.62. The summed E-state index contributed by atoms with van der Waals surface area (Å²) in [4.78, 5) is 0. The van der Waals surface area contributed by atoms with Crippen LogP contribution in [0.5, 0.6) is 0 Å². The third kappa shape index (κ3) is 5.13. The molecular weight excluding hydrogens is 196 g/mol. The minimum absolute atomic E-state index is 0.679. The molecule has 0 atom stereocenters. The summed E-state index contributed by atoms with van der Waals surface area (Å²) in [6.45, 7) is 2.92. The Kier molecular flexibility index (Phi) is 6.59. The van der Waals surface area contributed by atoms with Crippen LogP contribution in [0.1, 0.15) is 37.3 Å². The Morgan fingerprint density at radius 2 is 1.88 bits per heavy atom. The largest absolute Gasteiger partial charge is 0.381 e. The van der Waals surface area contributed by atoms with Crippen molar-refractivity contribution in [1.29, 1.82) is 0 Å². The summed E-state index contributed by atoms with van der Waals surface area (Å²) in [6.07, 6.45) is 9.25. The maximum Gasteiger partial charge on any atom is 0.0646 e. The first-order chi connectivity index (χ1) is 7.86. The van der Waals surface area contributed by atoms with Crippen LogP contribution >= 0.6 is 0 Å². The lowest BCUT2D eigenvalue weighted by atomic mass is 10.1. The molecule has 0 bridgehead atoms. The second-order valence-corrected chi connectivity index (χ2v) is 4.06. The van der Waals surface area contributed by atoms with E-state index in [9.17, 15) is 0 Å². The number of methoxy groups -OCH3 is 1. The van der Waals surface area contributed by atoms with E-state index in [0.717, 1.165) is 0 Å². The van der Waals surface area contributed by atoms with Crippen LogP contribution in [0.3, 0.4) is 0 Å². The van der Waals surface area contributed by atoms with Crippen LogP contribution in [0.25, 0.3) is 6.08 Å². The molecule has 0 unspecified atom stereocenters. The van der Waals surface area contributed by atoms with E-state index in [-0.39, 0.29) is 0 Å². The Bertz CT molecular complexity index is 298. The zero-order valence-electron chi connectivity index (χ0n) is 10.4. The zero-order valence-corrected chi connectivity index (χ0v) is 10.4. The quantitative estimate of drug-likeness (QED) is 0.627. The Balaban J connectivity index is 2.41. The summed E-state index contributed by atoms with van der Waals surface area (Å²) in [5.74, 6) is 0. The lowest BCUT2D eigenvalue weighted by molar-refractivity contribution is 0.234. The molecular formula is C15H22O. The van der Waals surface area contributed by atoms with E-state index in [4.69, 9.17) is 4.74 Å². The number of unbranched alkanes of at least 4 members (excludes halogenated alkanes) is 2. The monoisotopic (exact) mass is 218 g/mol. The third-order valence-electron chi connectivity index (χ3n) is 2.62. The highest BCUT2D eigenvalue weighted by atomic mass is 16.5. The van der Waals surface area contributed by atoms with Crippen LogP contribution in [0.15, 0.2) is 30.3 Å². The molecule has 1 heteroatoms. The fraction of sp³-hybridized carbons (Fsp3) is 0.467. The average molecular weight is 218 g/mol. The minimum atomic E-state index is 0.679. The number of rotatable bonds is 7. The number of hydrogen-bond acceptors (Lipinski definition) is 1. The van der Waals surface area contributed by atoms with Gasteiger partial charge in [0.05, 0.1) is 6.61 Å². The van der Waals surface area contributed by atoms with Crippen LogP contribution in [0, 0.1) is 0 Å². The van der Waals surface area contributed by atoms with Crippen LogP contribution in [-0.4, -0.2) is 13.7 Å². The Labute approximate surface area is 99.1 Å². The topological polar surface area (TPSA) is 9.23 Å². The molecule has 88 valence electrons. The summed E-state index contributed by atoms with van der Waals surface area (Å²) in [6, 6.07) is 8.80. The van der Waals surface area contributed by atoms with Crippen molar-refractivity contribution in [2.24, 2.45) is 0 Å². The molecule has 0 amide bonds. The lowest BCUT2D eigenvalue weighted by Crippen LogP contribution is -1.85. The fourth-order valence-corrected chi connectivity index (χ4v) is 1.65. The Morgan fingerprint density at radius 3 is 2.50 bits per heavy atom. The van der Waals surface area contributed by atoms with Crippen LogP contribution in [-0.2, 0) is 11.2 Å². The van der Waals surface area contributed by atoms with Crippen molar-refractivity contribution in [2.75, 3.05) is 13.7 Å². The summed E-state index contributed by atoms with van der Waals surface area (Å²) in [7, 11) is 1.71. The van der Waals surface area contributed by atoms with E-state index in [1.54, 1.807) is 7.11 Å². The van der Waals surface area contributed by atoms with Crippen LogP contribution in [0.2, 0.25) is 0 Å². The van der Waals surface area contributed by atoms with Gasteiger partial charge in [0.2, 0.25) is 0 Å². The van der Waals surface area contributed by atoms with E-state index < -0.39 is 0 Å². The molecule has 1 aromatic carbocycles. The van der Waals surface area contributed by atoms with Gasteiger partial charge in [-0.25, -0.2) is 0 Å². The molecule has 1 rings (SSSR count). The molecule has 0 aliphatic rings. The standard InChI is InChI=1S/C15H22O/c1-3-4-5-7-14-9-11-15(12-10-14)8-6-13-16-2/h6,8-12H,3-5,7,13H2,1-2H3/b8-6+. The molecule has 0 N–H and O–H groups in total. The van der Waals surface area contributed by atoms with Crippen molar-refractivity contribution in [2.45, 2.75) is 32.6 Å². The van der Waals surface area contributed by atoms with E-state index in [2.05, 4.69) is 37.3 Å². The van der Waals surface area contributed by atoms with E-state index >= 15 is 0 Å². The number of hydrogen-bond donors (Lipinski definition) is 0. The maximum atomic E-state index is 4.97. The fourth-order valence-electron chi connectivity index (χ4n) is 1.65. The second kappa shape index (κ2) is 8.12. The first-order valence-corrected chi connectivity index (χ1v) is 6.11. The van der Waals surface area contributed by atoms with Gasteiger partial charge in [-0.2, -0.15) is 0 Å². The van der Waals surface area contributed by atoms with Gasteiger partial charge >= 0.3 is 0 Å². The summed E-state index contributed by atoms with van der Waals surface area (Å²) in [5, 5.41) is 0. The zero-order chi connectivity index (χ0) is 11.6. The predicted octanol–water partition coefficient (Wildman–Crippen LogP) is 4.08. The predicted molar refractivity (Wildman–Crippen MR) is 70.6 cm³/mol. The molecule has 0 saturated heterocycles. The summed E-state index contributed by atoms with van der Waals surface area (Å²) in [5.41, 5.74) is 2.69. The van der Waals surface area contributed by atoms with Gasteiger partial charge in [0.15, 0.2) is 0 Å². The SMILES string of the molecule is CCCCCc1ccc(/C=C/COC)cc1. The van der Waals surface area contributed by atoms with Gasteiger partial charge in [0.25, 0.3) is 0 Å². The molecule has 0 radical (unpaired) electrons. The van der Waals surface area contributed by atoms with Gasteiger partial charge in [-0.15, -0.1) is 0 Å². The lowest BCUT2D eigenvalue weighted by Gasteiger charge is -2.01. The molecule has 0 fully saturated rings. The molecule has 0 heterocycles. The number of benzene rings is 1. The van der Waals surface area contributed by atoms with E-state index in [1.807, 2.05) is 6.08 Å². The van der Waals surface area contributed by atoms with Gasteiger partial charge in [0.1, 0.15) is 0 Å². The van der Waals surface area contributed by atoms with Gasteiger partial charge in [-0.1, -0.05) is 56.2 Å². The van der Waals surface area contributed by atoms with Crippen molar-refractivity contribution in [1.82, 2.24) is 0 Å². The normalized spacial score (nSPS) is 11.1. The molecule has 0 aliphatic heterocycles. The van der Waals surface area contributed by atoms with Gasteiger partial charge < -0.3 is 4.74 Å². The van der Waals surface area contributed by atoms with Gasteiger partial charge in [0, 0.05) is 7.11 Å². The molecule has 16 heavy (non-hydrogen) atoms. The van der Waals surface area contributed by atoms with Crippen molar-refractivity contribution in [3.8, 4) is 0 Å². The first kappa shape index (κ1) is 13.0. The molecule has 0 aromatic heterocycles. The van der Waals surface area contributed by atoms with Crippen LogP contribution < -0.4 is 0 Å². The van der Waals surface area contributed by atoms with E-state index in [1.165, 1.54) is 36.8 Å². The van der Waals surface area contributed by atoms with Crippen molar-refractivity contribution < 1.29 is 4.74 Å². The minimum Gasteiger partial charge on any atom is -0.381 e. The highest BCUT2D eigenvalue weighted by Gasteiger charge is 1.92. The van der Waals surface area contributed by atoms with Gasteiger partial charge in [-0.3, -0.25) is 0 Å². The smallest absolute Gasteiger partial charge is 0.0646 e. The van der Waals surface area contributed by atoms with Crippen molar-refractivity contribution in [3.63, 3.8) is 0 Å². The molecule has 0 spiro atoms. The number of ether oxygens (including phenoxy) is 1. The summed E-state index contributed by atoms with van der Waals surface area (Å²) < 4.78 is 4.97. The molecule has 0 saturated carbocycles. The average Bonchev–Trinajstić information content (AvgIpc) is 2.32. The number of aryl methyl sites for hydroxylation is 1. The highest BCUT2D eigenvalue weighted by molar-refractivity contribution is 5.49. The van der Waals surface area contributed by atoms with Crippen molar-refractivity contribution in [3.05, 3.63) is 41.5 Å². The first-order valence-electron chi connectivity index (χ1n) is 6.11. The molecule has 1 nitrogen and oxygen atoms in total. The molecule has 1 aromatic rings. The Hall–Kier alpha value is -1.08. The Morgan fingerprint density at radius 1 is 1.12 bits per heavy atom. The van der Waals surface area contributed by atoms with Gasteiger partial charge in [-0.05, 0) is 24.0 Å².